The Balaban J connectivity index is 1.55. The van der Waals surface area contributed by atoms with Crippen LogP contribution in [0.5, 0.6) is 0 Å². The SMILES string of the molecule is CC1=C(C)C(N/C=C2/C(=O)N(C(=O)OC(C)(C)C)C3c4ccccc4CC23)N(c2cc(C(F)(F)F)cc(C(F)(F)F)c2)C1=O. The monoisotopic (exact) mass is 621 g/mol. The number of benzene rings is 2. The van der Waals surface area contributed by atoms with Gasteiger partial charge in [0.1, 0.15) is 11.8 Å². The summed E-state index contributed by atoms with van der Waals surface area (Å²) in [7, 11) is 0. The summed E-state index contributed by atoms with van der Waals surface area (Å²) in [5.41, 5.74) is -2.40. The van der Waals surface area contributed by atoms with E-state index in [-0.39, 0.29) is 17.2 Å². The summed E-state index contributed by atoms with van der Waals surface area (Å²) in [5.74, 6) is -1.98. The molecule has 2 aromatic carbocycles. The van der Waals surface area contributed by atoms with Gasteiger partial charge in [-0.05, 0) is 75.9 Å². The van der Waals surface area contributed by atoms with Gasteiger partial charge in [-0.2, -0.15) is 26.3 Å². The van der Waals surface area contributed by atoms with E-state index in [9.17, 15) is 40.7 Å². The van der Waals surface area contributed by atoms with Gasteiger partial charge in [0.2, 0.25) is 0 Å². The maximum absolute atomic E-state index is 13.7. The Hall–Kier alpha value is -4.29. The van der Waals surface area contributed by atoms with E-state index in [1.807, 2.05) is 12.1 Å². The quantitative estimate of drug-likeness (QED) is 0.298. The Morgan fingerprint density at radius 1 is 0.932 bits per heavy atom. The first kappa shape index (κ1) is 31.1. The highest BCUT2D eigenvalue weighted by Gasteiger charge is 2.53. The molecule has 7 nitrogen and oxygen atoms in total. The molecule has 13 heteroatoms. The topological polar surface area (TPSA) is 79.0 Å². The van der Waals surface area contributed by atoms with Gasteiger partial charge >= 0.3 is 18.4 Å². The molecule has 1 fully saturated rings. The van der Waals surface area contributed by atoms with Crippen molar-refractivity contribution in [2.45, 2.75) is 71.2 Å². The van der Waals surface area contributed by atoms with Crippen molar-refractivity contribution in [2.75, 3.05) is 4.90 Å². The highest BCUT2D eigenvalue weighted by atomic mass is 19.4. The minimum atomic E-state index is -5.12. The number of carbonyl (C=O) groups excluding carboxylic acids is 3. The number of hydrogen-bond acceptors (Lipinski definition) is 5. The number of likely N-dealkylation sites (tertiary alicyclic amines) is 1. The molecule has 44 heavy (non-hydrogen) atoms. The lowest BCUT2D eigenvalue weighted by atomic mass is 9.97. The van der Waals surface area contributed by atoms with Crippen molar-refractivity contribution in [3.05, 3.63) is 87.6 Å². The number of imide groups is 1. The lowest BCUT2D eigenvalue weighted by Crippen LogP contribution is -2.44. The minimum Gasteiger partial charge on any atom is -0.443 e. The van der Waals surface area contributed by atoms with Gasteiger partial charge in [0, 0.05) is 29.0 Å². The van der Waals surface area contributed by atoms with Gasteiger partial charge < -0.3 is 10.1 Å². The Kier molecular flexibility index (Phi) is 7.37. The second-order valence-electron chi connectivity index (χ2n) is 12.0. The molecule has 1 aliphatic carbocycles. The van der Waals surface area contributed by atoms with E-state index >= 15 is 0 Å². The zero-order valence-corrected chi connectivity index (χ0v) is 24.4. The summed E-state index contributed by atoms with van der Waals surface area (Å²) in [5, 5.41) is 2.90. The van der Waals surface area contributed by atoms with Crippen molar-refractivity contribution in [3.8, 4) is 0 Å². The fraction of sp³-hybridized carbons (Fsp3) is 0.387. The van der Waals surface area contributed by atoms with Crippen LogP contribution in [0.25, 0.3) is 0 Å². The highest BCUT2D eigenvalue weighted by molar-refractivity contribution is 6.10. The summed E-state index contributed by atoms with van der Waals surface area (Å²) in [6.07, 6.45) is -10.6. The number of carbonyl (C=O) groups is 3. The molecule has 0 radical (unpaired) electrons. The van der Waals surface area contributed by atoms with E-state index in [0.717, 1.165) is 20.9 Å². The predicted octanol–water partition coefficient (Wildman–Crippen LogP) is 6.90. The second-order valence-corrected chi connectivity index (χ2v) is 12.0. The van der Waals surface area contributed by atoms with Gasteiger partial charge in [0.05, 0.1) is 17.2 Å². The maximum atomic E-state index is 13.7. The van der Waals surface area contributed by atoms with E-state index in [1.54, 1.807) is 32.9 Å². The van der Waals surface area contributed by atoms with Crippen LogP contribution in [0, 0.1) is 5.92 Å². The highest BCUT2D eigenvalue weighted by Crippen LogP contribution is 2.50. The molecule has 0 aromatic heterocycles. The van der Waals surface area contributed by atoms with E-state index in [2.05, 4.69) is 5.32 Å². The van der Waals surface area contributed by atoms with E-state index in [4.69, 9.17) is 4.74 Å². The fourth-order valence-corrected chi connectivity index (χ4v) is 5.85. The summed E-state index contributed by atoms with van der Waals surface area (Å²) in [6, 6.07) is 7.55. The van der Waals surface area contributed by atoms with Gasteiger partial charge in [-0.3, -0.25) is 14.5 Å². The standard InChI is InChI=1S/C31H29F6N3O4/c1-15-16(2)26(41)39(20-12-18(30(32,33)34)11-19(13-20)31(35,36)37)25(15)38-14-23-22-10-17-8-6-7-9-21(17)24(22)40(27(23)42)28(43)44-29(3,4)5/h6-9,11-14,22,24-25,38H,10H2,1-5H3/b23-14+. The summed E-state index contributed by atoms with van der Waals surface area (Å²) in [6.45, 7) is 7.90. The van der Waals surface area contributed by atoms with Gasteiger partial charge in [0.25, 0.3) is 11.8 Å². The molecule has 3 unspecified atom stereocenters. The number of anilines is 1. The zero-order valence-electron chi connectivity index (χ0n) is 24.4. The van der Waals surface area contributed by atoms with Crippen LogP contribution in [0.2, 0.25) is 0 Å². The van der Waals surface area contributed by atoms with Gasteiger partial charge in [0.15, 0.2) is 0 Å². The third-order valence-electron chi connectivity index (χ3n) is 7.98. The van der Waals surface area contributed by atoms with Crippen LogP contribution < -0.4 is 10.2 Å². The van der Waals surface area contributed by atoms with Crippen LogP contribution in [-0.4, -0.2) is 34.6 Å². The van der Waals surface area contributed by atoms with Crippen LogP contribution in [0.3, 0.4) is 0 Å². The molecule has 0 saturated carbocycles. The fourth-order valence-electron chi connectivity index (χ4n) is 5.85. The summed E-state index contributed by atoms with van der Waals surface area (Å²) in [4.78, 5) is 42.0. The number of alkyl halides is 6. The molecule has 0 bridgehead atoms. The van der Waals surface area contributed by atoms with Gasteiger partial charge in [-0.25, -0.2) is 9.69 Å². The molecular weight excluding hydrogens is 592 g/mol. The Bertz CT molecular complexity index is 1590. The first-order valence-electron chi connectivity index (χ1n) is 13.7. The number of rotatable bonds is 3. The average molecular weight is 622 g/mol. The summed E-state index contributed by atoms with van der Waals surface area (Å²) >= 11 is 0. The third-order valence-corrected chi connectivity index (χ3v) is 7.98. The van der Waals surface area contributed by atoms with Crippen LogP contribution in [0.1, 0.15) is 62.9 Å². The van der Waals surface area contributed by atoms with Gasteiger partial charge in [-0.15, -0.1) is 0 Å². The molecule has 3 aliphatic rings. The number of amides is 3. The average Bonchev–Trinajstić information content (AvgIpc) is 3.47. The molecule has 5 rings (SSSR count). The molecular formula is C31H29F6N3O4. The van der Waals surface area contributed by atoms with Crippen molar-refractivity contribution in [3.63, 3.8) is 0 Å². The predicted molar refractivity (Wildman–Crippen MR) is 147 cm³/mol. The molecule has 2 heterocycles. The molecule has 0 spiro atoms. The molecule has 3 atom stereocenters. The molecule has 234 valence electrons. The van der Waals surface area contributed by atoms with Crippen molar-refractivity contribution in [2.24, 2.45) is 5.92 Å². The first-order valence-corrected chi connectivity index (χ1v) is 13.7. The first-order chi connectivity index (χ1) is 20.3. The molecule has 3 amide bonds. The van der Waals surface area contributed by atoms with E-state index in [0.29, 0.717) is 24.1 Å². The minimum absolute atomic E-state index is 0.0120. The van der Waals surface area contributed by atoms with Crippen molar-refractivity contribution >= 4 is 23.6 Å². The van der Waals surface area contributed by atoms with E-state index < -0.39 is 70.8 Å². The number of hydrogen-bond donors (Lipinski definition) is 1. The van der Waals surface area contributed by atoms with Crippen molar-refractivity contribution in [1.29, 1.82) is 0 Å². The van der Waals surface area contributed by atoms with Crippen LogP contribution in [0.15, 0.2) is 65.4 Å². The number of halogens is 6. The number of ether oxygens (including phenoxy) is 1. The third kappa shape index (κ3) is 5.43. The molecule has 1 N–H and O–H groups in total. The lowest BCUT2D eigenvalue weighted by Gasteiger charge is -2.28. The molecule has 2 aromatic rings. The number of fused-ring (bicyclic) bond motifs is 3. The maximum Gasteiger partial charge on any atom is 0.417 e. The smallest absolute Gasteiger partial charge is 0.417 e. The zero-order chi connectivity index (χ0) is 32.5. The lowest BCUT2D eigenvalue weighted by molar-refractivity contribution is -0.143. The Labute approximate surface area is 249 Å². The van der Waals surface area contributed by atoms with Crippen LogP contribution in [0.4, 0.5) is 36.8 Å². The molecule has 2 aliphatic heterocycles. The Morgan fingerprint density at radius 2 is 1.52 bits per heavy atom. The normalized spacial score (nSPS) is 23.1. The van der Waals surface area contributed by atoms with Crippen LogP contribution in [-0.2, 0) is 33.1 Å². The van der Waals surface area contributed by atoms with Gasteiger partial charge in [-0.1, -0.05) is 24.3 Å². The second kappa shape index (κ2) is 10.4. The largest absolute Gasteiger partial charge is 0.443 e. The Morgan fingerprint density at radius 3 is 2.09 bits per heavy atom. The number of nitrogens with zero attached hydrogens (tertiary/aromatic N) is 2. The van der Waals surface area contributed by atoms with Crippen molar-refractivity contribution in [1.82, 2.24) is 10.2 Å². The van der Waals surface area contributed by atoms with Crippen LogP contribution >= 0.6 is 0 Å². The summed E-state index contributed by atoms with van der Waals surface area (Å²) < 4.78 is 87.2. The number of nitrogens with one attached hydrogen (secondary N) is 1. The van der Waals surface area contributed by atoms with Crippen molar-refractivity contribution < 1.29 is 45.5 Å². The van der Waals surface area contributed by atoms with E-state index in [1.165, 1.54) is 20.0 Å². The molecule has 1 saturated heterocycles.